The van der Waals surface area contributed by atoms with Gasteiger partial charge in [-0.25, -0.2) is 14.8 Å². The van der Waals surface area contributed by atoms with Crippen LogP contribution in [0.25, 0.3) is 5.65 Å². The van der Waals surface area contributed by atoms with Crippen molar-refractivity contribution in [3.63, 3.8) is 0 Å². The molecule has 0 aliphatic heterocycles. The lowest BCUT2D eigenvalue weighted by Gasteiger charge is -2.00. The van der Waals surface area contributed by atoms with E-state index in [9.17, 15) is 9.90 Å². The number of aryl methyl sites for hydroxylation is 1. The molecule has 0 amide bonds. The Balaban J connectivity index is 2.14. The summed E-state index contributed by atoms with van der Waals surface area (Å²) in [5.74, 6) is -1.01. The number of pyridine rings is 1. The van der Waals surface area contributed by atoms with Crippen LogP contribution in [-0.2, 0) is 6.42 Å². The molecule has 3 heterocycles. The average molecular weight is 273 g/mol. The van der Waals surface area contributed by atoms with Crippen LogP contribution < -0.4 is 0 Å². The predicted molar refractivity (Wildman–Crippen MR) is 71.8 cm³/mol. The lowest BCUT2D eigenvalue weighted by molar-refractivity contribution is 0.0690. The van der Waals surface area contributed by atoms with Crippen LogP contribution in [0, 0.1) is 6.92 Å². The number of fused-ring (bicyclic) bond motifs is 1. The number of hydrogen-bond acceptors (Lipinski definition) is 4. The first-order valence-corrected chi connectivity index (χ1v) is 6.63. The van der Waals surface area contributed by atoms with Gasteiger partial charge in [-0.2, -0.15) is 0 Å². The van der Waals surface area contributed by atoms with E-state index in [2.05, 4.69) is 9.97 Å². The summed E-state index contributed by atoms with van der Waals surface area (Å²) in [7, 11) is 0. The minimum absolute atomic E-state index is 0.0963. The number of aromatic carboxylic acids is 1. The third kappa shape index (κ3) is 2.10. The predicted octanol–water partition coefficient (Wildman–Crippen LogP) is 2.39. The molecule has 5 nitrogen and oxygen atoms in total. The monoisotopic (exact) mass is 273 g/mol. The number of carboxylic acid groups (broad SMARTS) is 1. The van der Waals surface area contributed by atoms with Gasteiger partial charge < -0.3 is 9.51 Å². The summed E-state index contributed by atoms with van der Waals surface area (Å²) in [6.07, 6.45) is 2.30. The molecule has 1 N–H and O–H groups in total. The Morgan fingerprint density at radius 3 is 2.95 bits per heavy atom. The second-order valence-corrected chi connectivity index (χ2v) is 5.14. The molecule has 0 saturated heterocycles. The molecule has 19 heavy (non-hydrogen) atoms. The molecule has 0 fully saturated rings. The Bertz CT molecular complexity index is 760. The van der Waals surface area contributed by atoms with Gasteiger partial charge in [-0.3, -0.25) is 0 Å². The molecule has 0 aliphatic carbocycles. The molecular weight excluding hydrogens is 262 g/mol. The van der Waals surface area contributed by atoms with Gasteiger partial charge in [0.25, 0.3) is 0 Å². The highest BCUT2D eigenvalue weighted by atomic mass is 32.1. The summed E-state index contributed by atoms with van der Waals surface area (Å²) in [6.45, 7) is 1.92. The minimum Gasteiger partial charge on any atom is -0.476 e. The molecule has 96 valence electrons. The van der Waals surface area contributed by atoms with E-state index in [0.29, 0.717) is 17.8 Å². The molecule has 0 radical (unpaired) electrons. The minimum atomic E-state index is -1.01. The van der Waals surface area contributed by atoms with Gasteiger partial charge in [0.05, 0.1) is 10.7 Å². The largest absolute Gasteiger partial charge is 0.476 e. The number of imidazole rings is 1. The van der Waals surface area contributed by atoms with Gasteiger partial charge in [0.1, 0.15) is 5.65 Å². The second-order valence-electron chi connectivity index (χ2n) is 4.20. The van der Waals surface area contributed by atoms with Gasteiger partial charge in [-0.1, -0.05) is 6.07 Å². The normalized spacial score (nSPS) is 11.0. The van der Waals surface area contributed by atoms with Crippen molar-refractivity contribution in [3.8, 4) is 0 Å². The number of carbonyl (C=O) groups is 1. The standard InChI is InChI=1S/C13H11N3O2S/c1-8-7-19-11(14-8)6-9-12(13(17)18)15-10-4-2-3-5-16(9)10/h2-5,7H,6H2,1H3,(H,17,18). The number of carboxylic acids is 1. The summed E-state index contributed by atoms with van der Waals surface area (Å²) in [6, 6.07) is 5.49. The Hall–Kier alpha value is -2.21. The summed E-state index contributed by atoms with van der Waals surface area (Å²) in [4.78, 5) is 19.8. The summed E-state index contributed by atoms with van der Waals surface area (Å²) < 4.78 is 1.81. The lowest BCUT2D eigenvalue weighted by atomic mass is 10.2. The maximum atomic E-state index is 11.3. The Morgan fingerprint density at radius 1 is 1.42 bits per heavy atom. The maximum absolute atomic E-state index is 11.3. The van der Waals surface area contributed by atoms with Crippen LogP contribution in [0.4, 0.5) is 0 Å². The van der Waals surface area contributed by atoms with Gasteiger partial charge in [0.2, 0.25) is 0 Å². The van der Waals surface area contributed by atoms with Gasteiger partial charge in [-0.15, -0.1) is 11.3 Å². The highest BCUT2D eigenvalue weighted by Crippen LogP contribution is 2.19. The van der Waals surface area contributed by atoms with Crippen molar-refractivity contribution in [1.29, 1.82) is 0 Å². The van der Waals surface area contributed by atoms with Crippen molar-refractivity contribution >= 4 is 23.0 Å². The second kappa shape index (κ2) is 4.47. The number of hydrogen-bond donors (Lipinski definition) is 1. The molecule has 0 bridgehead atoms. The zero-order valence-electron chi connectivity index (χ0n) is 10.2. The molecule has 0 atom stereocenters. The quantitative estimate of drug-likeness (QED) is 0.795. The summed E-state index contributed by atoms with van der Waals surface area (Å²) in [5.41, 5.74) is 2.35. The fourth-order valence-electron chi connectivity index (χ4n) is 2.01. The summed E-state index contributed by atoms with van der Waals surface area (Å²) >= 11 is 1.53. The van der Waals surface area contributed by atoms with E-state index in [0.717, 1.165) is 10.7 Å². The fraction of sp³-hybridized carbons (Fsp3) is 0.154. The number of aromatic nitrogens is 3. The third-order valence-corrected chi connectivity index (χ3v) is 3.78. The maximum Gasteiger partial charge on any atom is 0.356 e. The van der Waals surface area contributed by atoms with E-state index in [-0.39, 0.29) is 5.69 Å². The topological polar surface area (TPSA) is 67.5 Å². The first-order chi connectivity index (χ1) is 9.15. The van der Waals surface area contributed by atoms with E-state index >= 15 is 0 Å². The molecular formula is C13H11N3O2S. The molecule has 6 heteroatoms. The van der Waals surface area contributed by atoms with E-state index < -0.39 is 5.97 Å². The Kier molecular flexibility index (Phi) is 2.79. The Labute approximate surface area is 113 Å². The van der Waals surface area contributed by atoms with E-state index in [4.69, 9.17) is 0 Å². The zero-order valence-corrected chi connectivity index (χ0v) is 11.0. The van der Waals surface area contributed by atoms with E-state index in [1.807, 2.05) is 30.6 Å². The molecule has 3 aromatic heterocycles. The van der Waals surface area contributed by atoms with Crippen molar-refractivity contribution in [3.05, 3.63) is 51.9 Å². The molecule has 0 aliphatic rings. The lowest BCUT2D eigenvalue weighted by Crippen LogP contribution is -2.04. The third-order valence-electron chi connectivity index (χ3n) is 2.82. The SMILES string of the molecule is Cc1csc(Cc2c(C(=O)O)nc3ccccn23)n1. The smallest absolute Gasteiger partial charge is 0.356 e. The van der Waals surface area contributed by atoms with Crippen molar-refractivity contribution in [2.24, 2.45) is 0 Å². The van der Waals surface area contributed by atoms with Crippen LogP contribution in [0.3, 0.4) is 0 Å². The molecule has 0 unspecified atom stereocenters. The molecule has 0 aromatic carbocycles. The van der Waals surface area contributed by atoms with Gasteiger partial charge in [-0.05, 0) is 19.1 Å². The van der Waals surface area contributed by atoms with E-state index in [1.165, 1.54) is 11.3 Å². The van der Waals surface area contributed by atoms with Crippen LogP contribution in [0.1, 0.15) is 26.9 Å². The Morgan fingerprint density at radius 2 is 2.26 bits per heavy atom. The van der Waals surface area contributed by atoms with Crippen molar-refractivity contribution < 1.29 is 9.90 Å². The zero-order chi connectivity index (χ0) is 13.4. The van der Waals surface area contributed by atoms with Crippen LogP contribution in [0.5, 0.6) is 0 Å². The van der Waals surface area contributed by atoms with Gasteiger partial charge in [0, 0.05) is 23.7 Å². The van der Waals surface area contributed by atoms with Gasteiger partial charge >= 0.3 is 5.97 Å². The van der Waals surface area contributed by atoms with Crippen LogP contribution in [0.15, 0.2) is 29.8 Å². The van der Waals surface area contributed by atoms with Crippen molar-refractivity contribution in [2.45, 2.75) is 13.3 Å². The first-order valence-electron chi connectivity index (χ1n) is 5.75. The average Bonchev–Trinajstić information content (AvgIpc) is 2.95. The molecule has 0 spiro atoms. The van der Waals surface area contributed by atoms with Crippen molar-refractivity contribution in [2.75, 3.05) is 0 Å². The highest BCUT2D eigenvalue weighted by Gasteiger charge is 2.18. The van der Waals surface area contributed by atoms with Gasteiger partial charge in [0.15, 0.2) is 5.69 Å². The highest BCUT2D eigenvalue weighted by molar-refractivity contribution is 7.09. The van der Waals surface area contributed by atoms with E-state index in [1.54, 1.807) is 10.5 Å². The molecule has 3 aromatic rings. The first kappa shape index (κ1) is 11.9. The number of thiazole rings is 1. The van der Waals surface area contributed by atoms with Crippen LogP contribution in [0.2, 0.25) is 0 Å². The van der Waals surface area contributed by atoms with Crippen LogP contribution in [-0.4, -0.2) is 25.4 Å². The van der Waals surface area contributed by atoms with Crippen molar-refractivity contribution in [1.82, 2.24) is 14.4 Å². The molecule has 0 saturated carbocycles. The fourth-order valence-corrected chi connectivity index (χ4v) is 2.79. The molecule has 3 rings (SSSR count). The van der Waals surface area contributed by atoms with Crippen LogP contribution >= 0.6 is 11.3 Å². The number of rotatable bonds is 3. The summed E-state index contributed by atoms with van der Waals surface area (Å²) in [5, 5.41) is 12.1. The number of nitrogens with zero attached hydrogens (tertiary/aromatic N) is 3.